The molecule has 1 aliphatic carbocycles. The van der Waals surface area contributed by atoms with Crippen molar-refractivity contribution in [1.82, 2.24) is 15.2 Å². The molecule has 2 aromatic heterocycles. The van der Waals surface area contributed by atoms with Crippen LogP contribution in [-0.4, -0.2) is 26.8 Å². The third-order valence-electron chi connectivity index (χ3n) is 4.21. The van der Waals surface area contributed by atoms with Crippen molar-refractivity contribution in [2.24, 2.45) is 0 Å². The van der Waals surface area contributed by atoms with Gasteiger partial charge in [-0.15, -0.1) is 16.4 Å². The Balaban J connectivity index is 1.39. The lowest BCUT2D eigenvalue weighted by molar-refractivity contribution is -0.113. The minimum Gasteiger partial charge on any atom is -0.316 e. The van der Waals surface area contributed by atoms with E-state index in [1.165, 1.54) is 22.3 Å². The Hall–Kier alpha value is -2.70. The molecule has 0 aliphatic heterocycles. The molecule has 0 unspecified atom stereocenters. The van der Waals surface area contributed by atoms with Crippen LogP contribution in [0.15, 0.2) is 29.4 Å². The molecule has 2 N–H and O–H groups in total. The molecule has 0 saturated heterocycles. The number of thioether (sulfide) groups is 1. The zero-order chi connectivity index (χ0) is 18.8. The average molecular weight is 399 g/mol. The number of benzene rings is 1. The fourth-order valence-corrected chi connectivity index (χ4v) is 4.84. The summed E-state index contributed by atoms with van der Waals surface area (Å²) in [5.74, 6) is -0.203. The van der Waals surface area contributed by atoms with Gasteiger partial charge >= 0.3 is 0 Å². The second kappa shape index (κ2) is 7.50. The van der Waals surface area contributed by atoms with Crippen LogP contribution in [0.2, 0.25) is 0 Å². The summed E-state index contributed by atoms with van der Waals surface area (Å²) in [6, 6.07) is 8.48. The number of halogens is 1. The summed E-state index contributed by atoms with van der Waals surface area (Å²) in [6.07, 6.45) is 2.93. The summed E-state index contributed by atoms with van der Waals surface area (Å²) in [5, 5.41) is 19.9. The number of H-pyrrole nitrogens is 1. The van der Waals surface area contributed by atoms with E-state index in [0.717, 1.165) is 36.6 Å². The molecule has 3 aromatic rings. The first-order valence-corrected chi connectivity index (χ1v) is 10.1. The van der Waals surface area contributed by atoms with Crippen molar-refractivity contribution in [2.45, 2.75) is 24.4 Å². The van der Waals surface area contributed by atoms with E-state index in [1.54, 1.807) is 18.2 Å². The molecule has 1 aliphatic rings. The normalized spacial score (nSPS) is 12.6. The van der Waals surface area contributed by atoms with Gasteiger partial charge in [0.1, 0.15) is 16.9 Å². The highest BCUT2D eigenvalue weighted by molar-refractivity contribution is 7.99. The Labute approximate surface area is 162 Å². The average Bonchev–Trinajstić information content (AvgIpc) is 3.36. The van der Waals surface area contributed by atoms with Crippen molar-refractivity contribution in [3.8, 4) is 17.5 Å². The van der Waals surface area contributed by atoms with Crippen molar-refractivity contribution in [1.29, 1.82) is 5.26 Å². The molecule has 136 valence electrons. The van der Waals surface area contributed by atoms with Gasteiger partial charge in [0.15, 0.2) is 5.82 Å². The third kappa shape index (κ3) is 3.59. The largest absolute Gasteiger partial charge is 0.316 e. The van der Waals surface area contributed by atoms with E-state index < -0.39 is 5.82 Å². The molecule has 2 heterocycles. The molecule has 0 saturated carbocycles. The Morgan fingerprint density at radius 2 is 2.26 bits per heavy atom. The molecule has 0 atom stereocenters. The number of thiophene rings is 1. The van der Waals surface area contributed by atoms with Crippen LogP contribution in [0.1, 0.15) is 22.4 Å². The Morgan fingerprint density at radius 3 is 3.07 bits per heavy atom. The first-order chi connectivity index (χ1) is 13.2. The monoisotopic (exact) mass is 399 g/mol. The number of rotatable bonds is 5. The lowest BCUT2D eigenvalue weighted by Gasteiger charge is -2.02. The van der Waals surface area contributed by atoms with Gasteiger partial charge in [-0.2, -0.15) is 5.26 Å². The molecule has 9 heteroatoms. The van der Waals surface area contributed by atoms with E-state index in [2.05, 4.69) is 26.6 Å². The summed E-state index contributed by atoms with van der Waals surface area (Å²) >= 11 is 2.63. The summed E-state index contributed by atoms with van der Waals surface area (Å²) in [4.78, 5) is 17.7. The van der Waals surface area contributed by atoms with Crippen LogP contribution in [0, 0.1) is 17.1 Å². The van der Waals surface area contributed by atoms with Crippen LogP contribution in [0.25, 0.3) is 11.4 Å². The highest BCUT2D eigenvalue weighted by Crippen LogP contribution is 2.38. The number of hydrogen-bond acceptors (Lipinski definition) is 6. The minimum atomic E-state index is -0.391. The summed E-state index contributed by atoms with van der Waals surface area (Å²) in [5.41, 5.74) is 1.99. The van der Waals surface area contributed by atoms with Gasteiger partial charge in [-0.3, -0.25) is 9.89 Å². The van der Waals surface area contributed by atoms with E-state index >= 15 is 0 Å². The quantitative estimate of drug-likeness (QED) is 0.637. The summed E-state index contributed by atoms with van der Waals surface area (Å²) in [6.45, 7) is 0. The molecule has 0 fully saturated rings. The molecule has 0 bridgehead atoms. The lowest BCUT2D eigenvalue weighted by Crippen LogP contribution is -2.14. The second-order valence-corrected chi connectivity index (χ2v) is 8.00. The maximum atomic E-state index is 13.8. The van der Waals surface area contributed by atoms with Crippen molar-refractivity contribution in [3.05, 3.63) is 46.1 Å². The maximum absolute atomic E-state index is 13.8. The molecule has 0 spiro atoms. The van der Waals surface area contributed by atoms with Crippen molar-refractivity contribution < 1.29 is 9.18 Å². The van der Waals surface area contributed by atoms with Crippen LogP contribution >= 0.6 is 23.1 Å². The van der Waals surface area contributed by atoms with Gasteiger partial charge in [0.2, 0.25) is 11.1 Å². The Morgan fingerprint density at radius 1 is 1.41 bits per heavy atom. The summed E-state index contributed by atoms with van der Waals surface area (Å²) < 4.78 is 13.8. The number of aromatic amines is 1. The number of carbonyl (C=O) groups is 1. The van der Waals surface area contributed by atoms with E-state index in [9.17, 15) is 14.4 Å². The van der Waals surface area contributed by atoms with E-state index in [0.29, 0.717) is 27.1 Å². The highest BCUT2D eigenvalue weighted by atomic mass is 32.2. The van der Waals surface area contributed by atoms with Crippen molar-refractivity contribution >= 4 is 34.0 Å². The fourth-order valence-electron chi connectivity index (χ4n) is 2.99. The van der Waals surface area contributed by atoms with Gasteiger partial charge in [0, 0.05) is 4.88 Å². The number of hydrogen-bond donors (Lipinski definition) is 2. The van der Waals surface area contributed by atoms with Crippen LogP contribution < -0.4 is 5.32 Å². The van der Waals surface area contributed by atoms with E-state index in [4.69, 9.17) is 0 Å². The third-order valence-corrected chi connectivity index (χ3v) is 6.27. The number of fused-ring (bicyclic) bond motifs is 1. The molecular formula is C18H14FN5OS2. The minimum absolute atomic E-state index is 0.0992. The molecule has 6 nitrogen and oxygen atoms in total. The Bertz CT molecular complexity index is 1050. The van der Waals surface area contributed by atoms with Crippen molar-refractivity contribution in [3.63, 3.8) is 0 Å². The van der Waals surface area contributed by atoms with Gasteiger partial charge in [0.05, 0.1) is 16.9 Å². The molecule has 4 rings (SSSR count). The zero-order valence-corrected chi connectivity index (χ0v) is 15.7. The number of nitriles is 1. The van der Waals surface area contributed by atoms with E-state index in [-0.39, 0.29) is 11.7 Å². The van der Waals surface area contributed by atoms with E-state index in [1.807, 2.05) is 0 Å². The van der Waals surface area contributed by atoms with Crippen LogP contribution in [0.5, 0.6) is 0 Å². The van der Waals surface area contributed by atoms with Crippen LogP contribution in [-0.2, 0) is 17.6 Å². The number of anilines is 1. The standard InChI is InChI=1S/C18H14FN5OS2/c19-13-6-2-1-4-11(13)16-22-18(24-23-16)26-9-15(25)21-17-12(8-20)10-5-3-7-14(10)27-17/h1-2,4,6H,3,5,7,9H2,(H,21,25)(H,22,23,24). The maximum Gasteiger partial charge on any atom is 0.235 e. The molecule has 1 amide bonds. The number of carbonyl (C=O) groups excluding carboxylic acids is 1. The fraction of sp³-hybridized carbons (Fsp3) is 0.222. The van der Waals surface area contributed by atoms with Gasteiger partial charge in [0.25, 0.3) is 0 Å². The van der Waals surface area contributed by atoms with Gasteiger partial charge in [-0.25, -0.2) is 9.37 Å². The molecule has 1 aromatic carbocycles. The zero-order valence-electron chi connectivity index (χ0n) is 14.1. The van der Waals surface area contributed by atoms with Gasteiger partial charge in [-0.05, 0) is 37.0 Å². The topological polar surface area (TPSA) is 94.5 Å². The van der Waals surface area contributed by atoms with Gasteiger partial charge in [-0.1, -0.05) is 23.9 Å². The lowest BCUT2D eigenvalue weighted by atomic mass is 10.1. The predicted molar refractivity (Wildman–Crippen MR) is 102 cm³/mol. The first-order valence-electron chi connectivity index (χ1n) is 8.30. The second-order valence-electron chi connectivity index (χ2n) is 5.96. The number of nitrogens with one attached hydrogen (secondary N) is 2. The summed E-state index contributed by atoms with van der Waals surface area (Å²) in [7, 11) is 0. The number of nitrogens with zero attached hydrogens (tertiary/aromatic N) is 3. The number of aromatic nitrogens is 3. The number of amides is 1. The molecule has 0 radical (unpaired) electrons. The van der Waals surface area contributed by atoms with Gasteiger partial charge < -0.3 is 5.32 Å². The predicted octanol–water partition coefficient (Wildman–Crippen LogP) is 3.76. The van der Waals surface area contributed by atoms with Crippen molar-refractivity contribution in [2.75, 3.05) is 11.1 Å². The smallest absolute Gasteiger partial charge is 0.235 e. The van der Waals surface area contributed by atoms with Crippen LogP contribution in [0.4, 0.5) is 9.39 Å². The molecular weight excluding hydrogens is 385 g/mol. The molecule has 27 heavy (non-hydrogen) atoms. The number of aryl methyl sites for hydroxylation is 1. The van der Waals surface area contributed by atoms with Crippen LogP contribution in [0.3, 0.4) is 0 Å². The Kier molecular flexibility index (Phi) is 4.92. The highest BCUT2D eigenvalue weighted by Gasteiger charge is 2.23. The SMILES string of the molecule is N#Cc1c(NC(=O)CSc2n[nH]c(-c3ccccc3F)n2)sc2c1CCC2. The first kappa shape index (κ1) is 17.7.